The predicted molar refractivity (Wildman–Crippen MR) is 123 cm³/mol. The molecule has 2 aromatic carbocycles. The van der Waals surface area contributed by atoms with Gasteiger partial charge in [-0.15, -0.1) is 10.2 Å². The minimum atomic E-state index is -3.09. The van der Waals surface area contributed by atoms with Crippen molar-refractivity contribution in [3.8, 4) is 39.9 Å². The fraction of sp³-hybridized carbons (Fsp3) is 0.261. The molecule has 0 unspecified atom stereocenters. The van der Waals surface area contributed by atoms with E-state index in [0.29, 0.717) is 22.8 Å². The van der Waals surface area contributed by atoms with E-state index in [2.05, 4.69) is 15.4 Å². The van der Waals surface area contributed by atoms with Crippen LogP contribution in [0.5, 0.6) is 5.75 Å². The van der Waals surface area contributed by atoms with Crippen LogP contribution in [0.4, 0.5) is 10.1 Å². The molecular formula is C23H21FN4O5S. The summed E-state index contributed by atoms with van der Waals surface area (Å²) in [6.07, 6.45) is 0. The number of nitrogens with zero attached hydrogens (tertiary/aromatic N) is 4. The molecule has 0 atom stereocenters. The van der Waals surface area contributed by atoms with Gasteiger partial charge in [-0.1, -0.05) is 35.5 Å². The lowest BCUT2D eigenvalue weighted by molar-refractivity contribution is 0.399. The SMILES string of the molecule is COc1cc(N2CCS(=O)(=O)CC2)c(F)cc1-c1nnc(-c2c(-c3ccccc3)noc2C)o1. The van der Waals surface area contributed by atoms with Gasteiger partial charge in [0.25, 0.3) is 11.8 Å². The number of benzene rings is 2. The van der Waals surface area contributed by atoms with Crippen molar-refractivity contribution in [3.63, 3.8) is 0 Å². The first-order valence-corrected chi connectivity index (χ1v) is 12.4. The van der Waals surface area contributed by atoms with E-state index >= 15 is 4.39 Å². The summed E-state index contributed by atoms with van der Waals surface area (Å²) in [4.78, 5) is 1.69. The molecule has 176 valence electrons. The third-order valence-corrected chi connectivity index (χ3v) is 7.34. The van der Waals surface area contributed by atoms with E-state index in [0.717, 1.165) is 5.56 Å². The summed E-state index contributed by atoms with van der Waals surface area (Å²) in [5.74, 6) is 0.490. The second-order valence-corrected chi connectivity index (χ2v) is 10.2. The third kappa shape index (κ3) is 4.03. The molecule has 0 amide bonds. The highest BCUT2D eigenvalue weighted by atomic mass is 32.2. The normalized spacial score (nSPS) is 15.4. The van der Waals surface area contributed by atoms with Crippen LogP contribution in [0.1, 0.15) is 5.76 Å². The Labute approximate surface area is 195 Å². The minimum absolute atomic E-state index is 0.0225. The summed E-state index contributed by atoms with van der Waals surface area (Å²) >= 11 is 0. The van der Waals surface area contributed by atoms with Gasteiger partial charge < -0.3 is 18.6 Å². The van der Waals surface area contributed by atoms with Crippen LogP contribution in [0.25, 0.3) is 34.2 Å². The monoisotopic (exact) mass is 484 g/mol. The van der Waals surface area contributed by atoms with Gasteiger partial charge in [-0.05, 0) is 13.0 Å². The molecular weight excluding hydrogens is 463 g/mol. The fourth-order valence-corrected chi connectivity index (χ4v) is 5.13. The highest BCUT2D eigenvalue weighted by Crippen LogP contribution is 2.39. The zero-order valence-corrected chi connectivity index (χ0v) is 19.3. The maximum absolute atomic E-state index is 15.1. The summed E-state index contributed by atoms with van der Waals surface area (Å²) in [6.45, 7) is 2.16. The number of sulfone groups is 1. The first-order chi connectivity index (χ1) is 16.4. The number of rotatable bonds is 5. The molecule has 0 radical (unpaired) electrons. The summed E-state index contributed by atoms with van der Waals surface area (Å²) in [5, 5.41) is 12.4. The number of aromatic nitrogens is 3. The first kappa shape index (κ1) is 22.1. The maximum atomic E-state index is 15.1. The molecule has 9 nitrogen and oxygen atoms in total. The Bertz CT molecular complexity index is 1440. The van der Waals surface area contributed by atoms with E-state index in [1.54, 1.807) is 11.8 Å². The summed E-state index contributed by atoms with van der Waals surface area (Å²) in [5.41, 5.74) is 2.47. The highest BCUT2D eigenvalue weighted by Gasteiger charge is 2.27. The van der Waals surface area contributed by atoms with Crippen molar-refractivity contribution in [2.24, 2.45) is 0 Å². The molecule has 0 bridgehead atoms. The Kier molecular flexibility index (Phi) is 5.56. The average molecular weight is 485 g/mol. The molecule has 0 saturated carbocycles. The van der Waals surface area contributed by atoms with Crippen LogP contribution in [0.15, 0.2) is 51.4 Å². The van der Waals surface area contributed by atoms with Gasteiger partial charge in [0.05, 0.1) is 29.9 Å². The smallest absolute Gasteiger partial charge is 0.254 e. The molecule has 1 aliphatic heterocycles. The molecule has 0 aliphatic carbocycles. The lowest BCUT2D eigenvalue weighted by Gasteiger charge is -2.29. The number of ether oxygens (including phenoxy) is 1. The molecule has 1 saturated heterocycles. The minimum Gasteiger partial charge on any atom is -0.496 e. The molecule has 34 heavy (non-hydrogen) atoms. The van der Waals surface area contributed by atoms with Gasteiger partial charge in [0.15, 0.2) is 9.84 Å². The molecule has 5 rings (SSSR count). The molecule has 1 aliphatic rings. The van der Waals surface area contributed by atoms with Gasteiger partial charge in [0, 0.05) is 24.7 Å². The Morgan fingerprint density at radius 1 is 1.06 bits per heavy atom. The highest BCUT2D eigenvalue weighted by molar-refractivity contribution is 7.91. The van der Waals surface area contributed by atoms with Crippen LogP contribution in [-0.4, -0.2) is 55.5 Å². The number of hydrogen-bond donors (Lipinski definition) is 0. The number of hydrogen-bond acceptors (Lipinski definition) is 9. The maximum Gasteiger partial charge on any atom is 0.254 e. The molecule has 0 spiro atoms. The van der Waals surface area contributed by atoms with Crippen molar-refractivity contribution < 1.29 is 26.5 Å². The second kappa shape index (κ2) is 8.56. The van der Waals surface area contributed by atoms with Gasteiger partial charge >= 0.3 is 0 Å². The van der Waals surface area contributed by atoms with Gasteiger partial charge in [0.1, 0.15) is 28.6 Å². The first-order valence-electron chi connectivity index (χ1n) is 10.5. The Morgan fingerprint density at radius 3 is 2.47 bits per heavy atom. The van der Waals surface area contributed by atoms with Gasteiger partial charge in [0.2, 0.25) is 0 Å². The predicted octanol–water partition coefficient (Wildman–Crippen LogP) is 3.75. The Hall–Kier alpha value is -3.73. The molecule has 0 N–H and O–H groups in total. The lowest BCUT2D eigenvalue weighted by Crippen LogP contribution is -2.40. The van der Waals surface area contributed by atoms with Crippen LogP contribution in [0.2, 0.25) is 0 Å². The third-order valence-electron chi connectivity index (χ3n) is 5.73. The number of methoxy groups -OCH3 is 1. The van der Waals surface area contributed by atoms with E-state index < -0.39 is 15.7 Å². The van der Waals surface area contributed by atoms with Crippen molar-refractivity contribution in [1.82, 2.24) is 15.4 Å². The zero-order chi connectivity index (χ0) is 23.9. The quantitative estimate of drug-likeness (QED) is 0.418. The van der Waals surface area contributed by atoms with Crippen LogP contribution in [0, 0.1) is 12.7 Å². The van der Waals surface area contributed by atoms with Crippen LogP contribution >= 0.6 is 0 Å². The molecule has 3 heterocycles. The van der Waals surface area contributed by atoms with Gasteiger partial charge in [-0.2, -0.15) is 0 Å². The number of anilines is 1. The van der Waals surface area contributed by atoms with Crippen molar-refractivity contribution in [2.75, 3.05) is 36.6 Å². The topological polar surface area (TPSA) is 112 Å². The van der Waals surface area contributed by atoms with Crippen LogP contribution in [0.3, 0.4) is 0 Å². The number of halogens is 1. The van der Waals surface area contributed by atoms with E-state index in [9.17, 15) is 8.42 Å². The van der Waals surface area contributed by atoms with Crippen molar-refractivity contribution in [1.29, 1.82) is 0 Å². The van der Waals surface area contributed by atoms with Crippen LogP contribution < -0.4 is 9.64 Å². The van der Waals surface area contributed by atoms with Crippen molar-refractivity contribution in [2.45, 2.75) is 6.92 Å². The zero-order valence-electron chi connectivity index (χ0n) is 18.5. The molecule has 2 aromatic heterocycles. The van der Waals surface area contributed by atoms with Crippen LogP contribution in [-0.2, 0) is 9.84 Å². The van der Waals surface area contributed by atoms with E-state index in [4.69, 9.17) is 13.7 Å². The van der Waals surface area contributed by atoms with Crippen molar-refractivity contribution >= 4 is 15.5 Å². The molecule has 4 aromatic rings. The van der Waals surface area contributed by atoms with E-state index in [-0.39, 0.29) is 47.6 Å². The molecule has 11 heteroatoms. The van der Waals surface area contributed by atoms with Gasteiger partial charge in [-0.3, -0.25) is 0 Å². The largest absolute Gasteiger partial charge is 0.496 e. The summed E-state index contributed by atoms with van der Waals surface area (Å²) in [7, 11) is -1.64. The fourth-order valence-electron chi connectivity index (χ4n) is 3.92. The summed E-state index contributed by atoms with van der Waals surface area (Å²) in [6, 6.07) is 12.2. The van der Waals surface area contributed by atoms with Gasteiger partial charge in [-0.25, -0.2) is 12.8 Å². The summed E-state index contributed by atoms with van der Waals surface area (Å²) < 4.78 is 55.3. The average Bonchev–Trinajstić information content (AvgIpc) is 3.46. The van der Waals surface area contributed by atoms with E-state index in [1.165, 1.54) is 19.2 Å². The van der Waals surface area contributed by atoms with E-state index in [1.807, 2.05) is 30.3 Å². The molecule has 1 fully saturated rings. The van der Waals surface area contributed by atoms with Crippen molar-refractivity contribution in [3.05, 3.63) is 54.0 Å². The Morgan fingerprint density at radius 2 is 1.76 bits per heavy atom. The second-order valence-electron chi connectivity index (χ2n) is 7.88. The standard InChI is InChI=1S/C23H21FN4O5S/c1-14-20(21(27-33-14)15-6-4-3-5-7-15)23-26-25-22(32-23)16-12-17(24)18(13-19(16)31-2)28-8-10-34(29,30)11-9-28/h3-7,12-13H,8-11H2,1-2H3. The lowest BCUT2D eigenvalue weighted by atomic mass is 10.1. The Balaban J connectivity index is 1.51. The number of aryl methyl sites for hydroxylation is 1.